The van der Waals surface area contributed by atoms with Crippen molar-refractivity contribution in [2.75, 3.05) is 11.9 Å². The molecule has 1 saturated carbocycles. The van der Waals surface area contributed by atoms with Gasteiger partial charge in [-0.2, -0.15) is 0 Å². The van der Waals surface area contributed by atoms with Crippen molar-refractivity contribution in [3.8, 4) is 0 Å². The van der Waals surface area contributed by atoms with Crippen LogP contribution in [0.3, 0.4) is 0 Å². The number of aromatic nitrogens is 1. The van der Waals surface area contributed by atoms with Crippen molar-refractivity contribution in [2.24, 2.45) is 11.7 Å². The molecule has 1 aliphatic rings. The number of rotatable bonds is 4. The maximum Gasteiger partial charge on any atom is 0.128 e. The molecule has 3 heteroatoms. The molecule has 3 nitrogen and oxygen atoms in total. The van der Waals surface area contributed by atoms with E-state index in [0.29, 0.717) is 6.04 Å². The van der Waals surface area contributed by atoms with Gasteiger partial charge in [0.05, 0.1) is 0 Å². The topological polar surface area (TPSA) is 42.1 Å². The summed E-state index contributed by atoms with van der Waals surface area (Å²) in [4.78, 5) is 6.97. The Morgan fingerprint density at radius 3 is 2.68 bits per heavy atom. The number of hydrogen-bond acceptors (Lipinski definition) is 3. The molecule has 0 spiro atoms. The van der Waals surface area contributed by atoms with Crippen LogP contribution < -0.4 is 10.6 Å². The molecular formula is C16H27N3. The normalized spacial score (nSPS) is 25.1. The quantitative estimate of drug-likeness (QED) is 0.906. The van der Waals surface area contributed by atoms with Crippen LogP contribution in [0.2, 0.25) is 0 Å². The molecule has 1 fully saturated rings. The predicted molar refractivity (Wildman–Crippen MR) is 81.4 cm³/mol. The molecular weight excluding hydrogens is 234 g/mol. The summed E-state index contributed by atoms with van der Waals surface area (Å²) in [6, 6.07) is 5.14. The second kappa shape index (κ2) is 6.38. The third kappa shape index (κ3) is 3.69. The fourth-order valence-corrected chi connectivity index (χ4v) is 3.16. The van der Waals surface area contributed by atoms with Gasteiger partial charge < -0.3 is 10.6 Å². The smallest absolute Gasteiger partial charge is 0.128 e. The maximum absolute atomic E-state index is 5.82. The van der Waals surface area contributed by atoms with Crippen LogP contribution in [0.1, 0.15) is 45.1 Å². The highest BCUT2D eigenvalue weighted by Crippen LogP contribution is 2.29. The monoisotopic (exact) mass is 261 g/mol. The van der Waals surface area contributed by atoms with E-state index < -0.39 is 0 Å². The molecule has 0 aromatic carbocycles. The summed E-state index contributed by atoms with van der Waals surface area (Å²) in [5.41, 5.74) is 7.04. The molecule has 0 amide bonds. The van der Waals surface area contributed by atoms with E-state index in [0.717, 1.165) is 18.2 Å². The Morgan fingerprint density at radius 2 is 2.11 bits per heavy atom. The van der Waals surface area contributed by atoms with E-state index >= 15 is 0 Å². The lowest BCUT2D eigenvalue weighted by Crippen LogP contribution is -2.39. The Hall–Kier alpha value is -1.09. The summed E-state index contributed by atoms with van der Waals surface area (Å²) in [7, 11) is 2.18. The SMILES string of the molecule is CC(N)Cc1ccc(N(C)C2CCCCC2C)nc1. The van der Waals surface area contributed by atoms with Crippen LogP contribution >= 0.6 is 0 Å². The van der Waals surface area contributed by atoms with Crippen LogP contribution in [0.15, 0.2) is 18.3 Å². The van der Waals surface area contributed by atoms with Gasteiger partial charge >= 0.3 is 0 Å². The highest BCUT2D eigenvalue weighted by Gasteiger charge is 2.25. The highest BCUT2D eigenvalue weighted by molar-refractivity contribution is 5.40. The van der Waals surface area contributed by atoms with E-state index in [2.05, 4.69) is 36.0 Å². The van der Waals surface area contributed by atoms with Crippen molar-refractivity contribution in [3.63, 3.8) is 0 Å². The van der Waals surface area contributed by atoms with Crippen molar-refractivity contribution >= 4 is 5.82 Å². The Labute approximate surface area is 117 Å². The Morgan fingerprint density at radius 1 is 1.37 bits per heavy atom. The molecule has 0 radical (unpaired) electrons. The number of pyridine rings is 1. The molecule has 1 heterocycles. The minimum absolute atomic E-state index is 0.198. The maximum atomic E-state index is 5.82. The summed E-state index contributed by atoms with van der Waals surface area (Å²) in [5.74, 6) is 1.86. The van der Waals surface area contributed by atoms with Crippen molar-refractivity contribution < 1.29 is 0 Å². The number of hydrogen-bond donors (Lipinski definition) is 1. The molecule has 1 aliphatic carbocycles. The van der Waals surface area contributed by atoms with Crippen molar-refractivity contribution in [3.05, 3.63) is 23.9 Å². The minimum Gasteiger partial charge on any atom is -0.356 e. The van der Waals surface area contributed by atoms with Crippen LogP contribution in [0.4, 0.5) is 5.82 Å². The minimum atomic E-state index is 0.198. The summed E-state index contributed by atoms with van der Waals surface area (Å²) in [6.45, 7) is 4.40. The number of nitrogens with zero attached hydrogens (tertiary/aromatic N) is 2. The lowest BCUT2D eigenvalue weighted by atomic mass is 9.85. The molecule has 1 aromatic heterocycles. The van der Waals surface area contributed by atoms with Crippen molar-refractivity contribution in [1.82, 2.24) is 4.98 Å². The summed E-state index contributed by atoms with van der Waals surface area (Å²) < 4.78 is 0. The van der Waals surface area contributed by atoms with E-state index in [1.807, 2.05) is 13.1 Å². The van der Waals surface area contributed by atoms with Gasteiger partial charge in [0.2, 0.25) is 0 Å². The second-order valence-corrected chi connectivity index (χ2v) is 6.15. The zero-order chi connectivity index (χ0) is 13.8. The summed E-state index contributed by atoms with van der Waals surface area (Å²) in [6.07, 6.45) is 8.24. The van der Waals surface area contributed by atoms with Crippen LogP contribution in [-0.4, -0.2) is 24.1 Å². The van der Waals surface area contributed by atoms with Gasteiger partial charge in [-0.05, 0) is 43.7 Å². The fraction of sp³-hybridized carbons (Fsp3) is 0.688. The Balaban J connectivity index is 2.04. The van der Waals surface area contributed by atoms with Crippen LogP contribution in [0.5, 0.6) is 0 Å². The van der Waals surface area contributed by atoms with Gasteiger partial charge in [0, 0.05) is 25.3 Å². The van der Waals surface area contributed by atoms with Crippen LogP contribution in [-0.2, 0) is 6.42 Å². The third-order valence-corrected chi connectivity index (χ3v) is 4.29. The van der Waals surface area contributed by atoms with Crippen molar-refractivity contribution in [1.29, 1.82) is 0 Å². The molecule has 0 saturated heterocycles. The zero-order valence-electron chi connectivity index (χ0n) is 12.5. The largest absolute Gasteiger partial charge is 0.356 e. The molecule has 19 heavy (non-hydrogen) atoms. The van der Waals surface area contributed by atoms with E-state index in [1.165, 1.54) is 31.2 Å². The first-order chi connectivity index (χ1) is 9.08. The van der Waals surface area contributed by atoms with E-state index in [-0.39, 0.29) is 6.04 Å². The average Bonchev–Trinajstić information content (AvgIpc) is 2.39. The van der Waals surface area contributed by atoms with Gasteiger partial charge in [-0.3, -0.25) is 0 Å². The first-order valence-electron chi connectivity index (χ1n) is 7.51. The summed E-state index contributed by atoms with van der Waals surface area (Å²) >= 11 is 0. The Kier molecular flexibility index (Phi) is 4.81. The van der Waals surface area contributed by atoms with Crippen molar-refractivity contribution in [2.45, 2.75) is 58.0 Å². The lowest BCUT2D eigenvalue weighted by Gasteiger charge is -2.37. The fourth-order valence-electron chi connectivity index (χ4n) is 3.16. The molecule has 3 atom stereocenters. The van der Waals surface area contributed by atoms with Gasteiger partial charge in [-0.1, -0.05) is 25.8 Å². The van der Waals surface area contributed by atoms with Gasteiger partial charge in [-0.15, -0.1) is 0 Å². The van der Waals surface area contributed by atoms with E-state index in [9.17, 15) is 0 Å². The highest BCUT2D eigenvalue weighted by atomic mass is 15.2. The molecule has 0 bridgehead atoms. The molecule has 2 N–H and O–H groups in total. The first kappa shape index (κ1) is 14.3. The molecule has 106 valence electrons. The van der Waals surface area contributed by atoms with Gasteiger partial charge in [-0.25, -0.2) is 4.98 Å². The van der Waals surface area contributed by atoms with E-state index in [4.69, 9.17) is 5.73 Å². The molecule has 2 rings (SSSR count). The zero-order valence-corrected chi connectivity index (χ0v) is 12.5. The van der Waals surface area contributed by atoms with Gasteiger partial charge in [0.25, 0.3) is 0 Å². The molecule has 0 aliphatic heterocycles. The average molecular weight is 261 g/mol. The second-order valence-electron chi connectivity index (χ2n) is 6.15. The van der Waals surface area contributed by atoms with Crippen LogP contribution in [0, 0.1) is 5.92 Å². The first-order valence-corrected chi connectivity index (χ1v) is 7.51. The standard InChI is InChI=1S/C16H27N3/c1-12-6-4-5-7-15(12)19(3)16-9-8-14(11-18-16)10-13(2)17/h8-9,11-13,15H,4-7,10,17H2,1-3H3. The van der Waals surface area contributed by atoms with Gasteiger partial charge in [0.15, 0.2) is 0 Å². The Bertz CT molecular complexity index is 385. The third-order valence-electron chi connectivity index (χ3n) is 4.29. The van der Waals surface area contributed by atoms with Crippen LogP contribution in [0.25, 0.3) is 0 Å². The lowest BCUT2D eigenvalue weighted by molar-refractivity contribution is 0.320. The molecule has 1 aromatic rings. The number of anilines is 1. The summed E-state index contributed by atoms with van der Waals surface area (Å²) in [5, 5.41) is 0. The molecule has 3 unspecified atom stereocenters. The predicted octanol–water partition coefficient (Wildman–Crippen LogP) is 2.99. The van der Waals surface area contributed by atoms with E-state index in [1.54, 1.807) is 0 Å². The van der Waals surface area contributed by atoms with Gasteiger partial charge in [0.1, 0.15) is 5.82 Å². The number of nitrogens with two attached hydrogens (primary N) is 1.